The van der Waals surface area contributed by atoms with E-state index in [1.54, 1.807) is 0 Å². The molecular weight excluding hydrogens is 258 g/mol. The first-order chi connectivity index (χ1) is 10.2. The molecule has 3 rings (SSSR count). The van der Waals surface area contributed by atoms with Crippen molar-refractivity contribution < 1.29 is 0 Å². The first kappa shape index (κ1) is 14.1. The van der Waals surface area contributed by atoms with Gasteiger partial charge in [-0.25, -0.2) is 0 Å². The third kappa shape index (κ3) is 2.65. The van der Waals surface area contributed by atoms with Crippen molar-refractivity contribution in [2.45, 2.75) is 46.0 Å². The van der Waals surface area contributed by atoms with Gasteiger partial charge in [-0.3, -0.25) is 0 Å². The van der Waals surface area contributed by atoms with Gasteiger partial charge in [0.25, 0.3) is 0 Å². The van der Waals surface area contributed by atoms with Crippen LogP contribution in [0.3, 0.4) is 0 Å². The molecule has 1 aliphatic carbocycles. The summed E-state index contributed by atoms with van der Waals surface area (Å²) in [4.78, 5) is 0. The van der Waals surface area contributed by atoms with Crippen LogP contribution < -0.4 is 5.32 Å². The van der Waals surface area contributed by atoms with E-state index >= 15 is 0 Å². The third-order valence-electron chi connectivity index (χ3n) is 4.63. The van der Waals surface area contributed by atoms with Crippen molar-refractivity contribution in [3.63, 3.8) is 0 Å². The number of aromatic nitrogens is 2. The molecule has 0 unspecified atom stereocenters. The molecule has 0 atom stereocenters. The highest BCUT2D eigenvalue weighted by Crippen LogP contribution is 2.37. The molecule has 110 valence electrons. The van der Waals surface area contributed by atoms with Gasteiger partial charge in [0.05, 0.1) is 5.69 Å². The van der Waals surface area contributed by atoms with Crippen molar-refractivity contribution in [3.05, 3.63) is 41.0 Å². The Morgan fingerprint density at radius 2 is 1.76 bits per heavy atom. The van der Waals surface area contributed by atoms with Crippen molar-refractivity contribution in [2.24, 2.45) is 0 Å². The van der Waals surface area contributed by atoms with E-state index in [9.17, 15) is 0 Å². The molecule has 0 saturated heterocycles. The van der Waals surface area contributed by atoms with Crippen LogP contribution in [0.5, 0.6) is 0 Å². The Morgan fingerprint density at radius 3 is 2.33 bits per heavy atom. The Morgan fingerprint density at radius 1 is 1.05 bits per heavy atom. The van der Waals surface area contributed by atoms with Crippen LogP contribution >= 0.6 is 0 Å². The molecule has 3 heteroatoms. The average molecular weight is 281 g/mol. The van der Waals surface area contributed by atoms with E-state index in [4.69, 9.17) is 0 Å². The topological polar surface area (TPSA) is 37.8 Å². The highest BCUT2D eigenvalue weighted by Gasteiger charge is 2.19. The van der Waals surface area contributed by atoms with E-state index in [0.717, 1.165) is 29.5 Å². The summed E-state index contributed by atoms with van der Waals surface area (Å²) in [7, 11) is 0. The Labute approximate surface area is 126 Å². The van der Waals surface area contributed by atoms with Crippen LogP contribution in [-0.2, 0) is 0 Å². The minimum Gasteiger partial charge on any atom is -0.369 e. The second-order valence-corrected chi connectivity index (χ2v) is 5.93. The maximum Gasteiger partial charge on any atom is 0.151 e. The van der Waals surface area contributed by atoms with Crippen LogP contribution in [0.15, 0.2) is 24.3 Å². The van der Waals surface area contributed by atoms with E-state index in [1.807, 2.05) is 0 Å². The third-order valence-corrected chi connectivity index (χ3v) is 4.63. The number of anilines is 1. The van der Waals surface area contributed by atoms with Gasteiger partial charge in [-0.1, -0.05) is 30.7 Å². The van der Waals surface area contributed by atoms with E-state index in [0.29, 0.717) is 0 Å². The number of nitrogens with zero attached hydrogens (tertiary/aromatic N) is 2. The van der Waals surface area contributed by atoms with E-state index in [2.05, 4.69) is 60.6 Å². The molecule has 2 aromatic rings. The summed E-state index contributed by atoms with van der Waals surface area (Å²) < 4.78 is 0. The lowest BCUT2D eigenvalue weighted by molar-refractivity contribution is 0.420. The van der Waals surface area contributed by atoms with Gasteiger partial charge < -0.3 is 5.32 Å². The molecule has 1 saturated carbocycles. The molecule has 1 fully saturated rings. The van der Waals surface area contributed by atoms with Crippen molar-refractivity contribution in [1.29, 1.82) is 0 Å². The molecule has 0 spiro atoms. The number of rotatable bonds is 4. The zero-order chi connectivity index (χ0) is 14.8. The van der Waals surface area contributed by atoms with Crippen molar-refractivity contribution in [1.82, 2.24) is 10.2 Å². The SMILES string of the molecule is CCNc1nnc(-c2ccc(C3CCC3)cc2)c(C)c1C. The van der Waals surface area contributed by atoms with Crippen molar-refractivity contribution >= 4 is 5.82 Å². The van der Waals surface area contributed by atoms with Gasteiger partial charge in [0.1, 0.15) is 0 Å². The zero-order valence-electron chi connectivity index (χ0n) is 13.1. The second-order valence-electron chi connectivity index (χ2n) is 5.93. The molecule has 0 aliphatic heterocycles. The lowest BCUT2D eigenvalue weighted by Crippen LogP contribution is -2.08. The molecule has 1 N–H and O–H groups in total. The largest absolute Gasteiger partial charge is 0.369 e. The fourth-order valence-electron chi connectivity index (χ4n) is 2.87. The second kappa shape index (κ2) is 5.84. The summed E-state index contributed by atoms with van der Waals surface area (Å²) in [6.07, 6.45) is 4.06. The number of hydrogen-bond acceptors (Lipinski definition) is 3. The van der Waals surface area contributed by atoms with Gasteiger partial charge in [0.15, 0.2) is 5.82 Å². The smallest absolute Gasteiger partial charge is 0.151 e. The Balaban J connectivity index is 1.90. The molecule has 0 amide bonds. The number of hydrogen-bond donors (Lipinski definition) is 1. The molecular formula is C18H23N3. The molecule has 1 aliphatic rings. The van der Waals surface area contributed by atoms with E-state index < -0.39 is 0 Å². The lowest BCUT2D eigenvalue weighted by atomic mass is 9.80. The van der Waals surface area contributed by atoms with Gasteiger partial charge in [-0.2, -0.15) is 0 Å². The summed E-state index contributed by atoms with van der Waals surface area (Å²) in [6, 6.07) is 8.90. The summed E-state index contributed by atoms with van der Waals surface area (Å²) >= 11 is 0. The molecule has 1 aromatic carbocycles. The molecule has 21 heavy (non-hydrogen) atoms. The Kier molecular flexibility index (Phi) is 3.91. The maximum absolute atomic E-state index is 4.42. The normalized spacial score (nSPS) is 14.8. The fraction of sp³-hybridized carbons (Fsp3) is 0.444. The molecule has 0 radical (unpaired) electrons. The van der Waals surface area contributed by atoms with Crippen molar-refractivity contribution in [2.75, 3.05) is 11.9 Å². The molecule has 3 nitrogen and oxygen atoms in total. The minimum absolute atomic E-state index is 0.782. The molecule has 1 heterocycles. The Hall–Kier alpha value is -1.90. The monoisotopic (exact) mass is 281 g/mol. The predicted molar refractivity (Wildman–Crippen MR) is 87.7 cm³/mol. The summed E-state index contributed by atoms with van der Waals surface area (Å²) in [5.74, 6) is 1.67. The summed E-state index contributed by atoms with van der Waals surface area (Å²) in [5.41, 5.74) is 6.02. The average Bonchev–Trinajstić information content (AvgIpc) is 2.44. The zero-order valence-corrected chi connectivity index (χ0v) is 13.1. The molecule has 0 bridgehead atoms. The first-order valence-electron chi connectivity index (χ1n) is 7.88. The van der Waals surface area contributed by atoms with Crippen LogP contribution in [0, 0.1) is 13.8 Å². The first-order valence-corrected chi connectivity index (χ1v) is 7.88. The summed E-state index contributed by atoms with van der Waals surface area (Å²) in [6.45, 7) is 7.17. The van der Waals surface area contributed by atoms with E-state index in [-0.39, 0.29) is 0 Å². The lowest BCUT2D eigenvalue weighted by Gasteiger charge is -2.25. The Bertz CT molecular complexity index is 628. The quantitative estimate of drug-likeness (QED) is 0.899. The fourth-order valence-corrected chi connectivity index (χ4v) is 2.87. The van der Waals surface area contributed by atoms with Gasteiger partial charge in [0.2, 0.25) is 0 Å². The van der Waals surface area contributed by atoms with Gasteiger partial charge in [-0.05, 0) is 56.2 Å². The van der Waals surface area contributed by atoms with Crippen LogP contribution in [0.4, 0.5) is 5.82 Å². The van der Waals surface area contributed by atoms with E-state index in [1.165, 1.54) is 36.0 Å². The van der Waals surface area contributed by atoms with Crippen molar-refractivity contribution in [3.8, 4) is 11.3 Å². The standard InChI is InChI=1S/C18H23N3/c1-4-19-18-13(3)12(2)17(20-21-18)16-10-8-15(9-11-16)14-6-5-7-14/h8-11,14H,4-7H2,1-3H3,(H,19,21). The summed E-state index contributed by atoms with van der Waals surface area (Å²) in [5, 5.41) is 12.0. The number of nitrogens with one attached hydrogen (secondary N) is 1. The maximum atomic E-state index is 4.42. The molecule has 1 aromatic heterocycles. The predicted octanol–water partition coefficient (Wildman–Crippen LogP) is 4.46. The van der Waals surface area contributed by atoms with Gasteiger partial charge in [-0.15, -0.1) is 10.2 Å². The minimum atomic E-state index is 0.782. The van der Waals surface area contributed by atoms with Crippen LogP contribution in [0.1, 0.15) is 48.8 Å². The highest BCUT2D eigenvalue weighted by atomic mass is 15.2. The number of benzene rings is 1. The van der Waals surface area contributed by atoms with Gasteiger partial charge >= 0.3 is 0 Å². The van der Waals surface area contributed by atoms with Crippen LogP contribution in [0.2, 0.25) is 0 Å². The van der Waals surface area contributed by atoms with Crippen LogP contribution in [0.25, 0.3) is 11.3 Å². The van der Waals surface area contributed by atoms with Gasteiger partial charge in [0, 0.05) is 12.1 Å². The highest BCUT2D eigenvalue weighted by molar-refractivity contribution is 5.66. The van der Waals surface area contributed by atoms with Crippen LogP contribution in [-0.4, -0.2) is 16.7 Å².